The number of methoxy groups -OCH3 is 1. The second-order valence-corrected chi connectivity index (χ2v) is 6.62. The van der Waals surface area contributed by atoms with Crippen molar-refractivity contribution in [3.05, 3.63) is 12.3 Å². The van der Waals surface area contributed by atoms with E-state index < -0.39 is 5.97 Å². The Hall–Kier alpha value is -1.32. The average Bonchev–Trinajstić information content (AvgIpc) is 2.36. The van der Waals surface area contributed by atoms with Crippen LogP contribution in [0.4, 0.5) is 0 Å². The van der Waals surface area contributed by atoms with Crippen LogP contribution in [0.5, 0.6) is 0 Å². The fourth-order valence-corrected chi connectivity index (χ4v) is 4.83. The zero-order valence-electron chi connectivity index (χ0n) is 11.4. The van der Waals surface area contributed by atoms with Crippen LogP contribution < -0.4 is 5.32 Å². The van der Waals surface area contributed by atoms with Crippen molar-refractivity contribution < 1.29 is 14.3 Å². The molecule has 0 aromatic heterocycles. The summed E-state index contributed by atoms with van der Waals surface area (Å²) in [6, 6.07) is 0. The van der Waals surface area contributed by atoms with E-state index in [4.69, 9.17) is 0 Å². The number of hydrogen-bond donors (Lipinski definition) is 1. The van der Waals surface area contributed by atoms with Crippen molar-refractivity contribution in [2.24, 2.45) is 23.2 Å². The van der Waals surface area contributed by atoms with Gasteiger partial charge in [0.05, 0.1) is 12.5 Å². The molecule has 0 heterocycles. The van der Waals surface area contributed by atoms with Gasteiger partial charge < -0.3 is 10.1 Å². The molecule has 4 heteroatoms. The molecule has 0 spiro atoms. The second-order valence-electron chi connectivity index (χ2n) is 6.62. The van der Waals surface area contributed by atoms with E-state index in [0.717, 1.165) is 19.3 Å². The Morgan fingerprint density at radius 1 is 1.11 bits per heavy atom. The summed E-state index contributed by atoms with van der Waals surface area (Å²) in [5.74, 6) is 1.57. The molecular formula is C15H21NO3. The molecule has 1 N–H and O–H groups in total. The number of ether oxygens (including phenoxy) is 1. The van der Waals surface area contributed by atoms with Crippen LogP contribution in [-0.2, 0) is 14.3 Å². The van der Waals surface area contributed by atoms with Crippen molar-refractivity contribution in [2.75, 3.05) is 7.11 Å². The van der Waals surface area contributed by atoms with Crippen LogP contribution in [0.25, 0.3) is 0 Å². The first-order valence-corrected chi connectivity index (χ1v) is 7.11. The molecule has 4 nitrogen and oxygen atoms in total. The van der Waals surface area contributed by atoms with E-state index >= 15 is 0 Å². The van der Waals surface area contributed by atoms with Crippen LogP contribution in [0, 0.1) is 23.2 Å². The lowest BCUT2D eigenvalue weighted by molar-refractivity contribution is -0.147. The molecule has 0 aromatic rings. The Bertz CT molecular complexity index is 405. The van der Waals surface area contributed by atoms with Crippen LogP contribution in [0.1, 0.15) is 38.5 Å². The fraction of sp³-hybridized carbons (Fsp3) is 0.733. The van der Waals surface area contributed by atoms with Crippen LogP contribution in [0.3, 0.4) is 0 Å². The van der Waals surface area contributed by atoms with E-state index in [0.29, 0.717) is 17.8 Å². The number of esters is 1. The van der Waals surface area contributed by atoms with Crippen molar-refractivity contribution in [1.82, 2.24) is 5.32 Å². The Kier molecular flexibility index (Phi) is 2.91. The average molecular weight is 263 g/mol. The van der Waals surface area contributed by atoms with Crippen molar-refractivity contribution in [3.63, 3.8) is 0 Å². The molecule has 0 aliphatic heterocycles. The van der Waals surface area contributed by atoms with Crippen LogP contribution >= 0.6 is 0 Å². The Labute approximate surface area is 113 Å². The lowest BCUT2D eigenvalue weighted by Crippen LogP contribution is -2.53. The highest BCUT2D eigenvalue weighted by Gasteiger charge is 2.54. The van der Waals surface area contributed by atoms with Gasteiger partial charge >= 0.3 is 5.97 Å². The third-order valence-corrected chi connectivity index (χ3v) is 5.22. The first kappa shape index (κ1) is 12.7. The molecule has 4 bridgehead atoms. The van der Waals surface area contributed by atoms with Crippen molar-refractivity contribution in [1.29, 1.82) is 0 Å². The molecule has 4 aliphatic rings. The van der Waals surface area contributed by atoms with Crippen molar-refractivity contribution in [2.45, 2.75) is 38.5 Å². The zero-order chi connectivity index (χ0) is 13.6. The minimum atomic E-state index is -0.557. The summed E-state index contributed by atoms with van der Waals surface area (Å²) in [7, 11) is 1.30. The highest BCUT2D eigenvalue weighted by Crippen LogP contribution is 2.60. The van der Waals surface area contributed by atoms with Crippen LogP contribution in [0.15, 0.2) is 12.3 Å². The van der Waals surface area contributed by atoms with E-state index in [2.05, 4.69) is 16.6 Å². The lowest BCUT2D eigenvalue weighted by Gasteiger charge is -2.55. The van der Waals surface area contributed by atoms with Gasteiger partial charge in [0.1, 0.15) is 5.70 Å². The summed E-state index contributed by atoms with van der Waals surface area (Å²) in [4.78, 5) is 23.9. The normalized spacial score (nSPS) is 38.9. The maximum Gasteiger partial charge on any atom is 0.353 e. The van der Waals surface area contributed by atoms with Gasteiger partial charge in [-0.15, -0.1) is 0 Å². The summed E-state index contributed by atoms with van der Waals surface area (Å²) in [5.41, 5.74) is -0.186. The molecule has 0 unspecified atom stereocenters. The quantitative estimate of drug-likeness (QED) is 0.626. The van der Waals surface area contributed by atoms with E-state index in [1.807, 2.05) is 0 Å². The SMILES string of the molecule is C=C(NC(=O)C12CC3CC(CC(C3)C1)C2)C(=O)OC. The summed E-state index contributed by atoms with van der Waals surface area (Å²) in [6.45, 7) is 3.59. The molecule has 0 saturated heterocycles. The van der Waals surface area contributed by atoms with E-state index in [-0.39, 0.29) is 17.0 Å². The van der Waals surface area contributed by atoms with Gasteiger partial charge in [-0.05, 0) is 56.3 Å². The second kappa shape index (κ2) is 4.36. The maximum atomic E-state index is 12.5. The van der Waals surface area contributed by atoms with Gasteiger partial charge in [0.2, 0.25) is 5.91 Å². The largest absolute Gasteiger partial charge is 0.464 e. The van der Waals surface area contributed by atoms with Crippen molar-refractivity contribution >= 4 is 11.9 Å². The van der Waals surface area contributed by atoms with Gasteiger partial charge in [0.15, 0.2) is 0 Å². The van der Waals surface area contributed by atoms with Crippen LogP contribution in [-0.4, -0.2) is 19.0 Å². The molecule has 0 atom stereocenters. The highest BCUT2D eigenvalue weighted by atomic mass is 16.5. The molecule has 4 saturated carbocycles. The summed E-state index contributed by atoms with van der Waals surface area (Å²) >= 11 is 0. The number of carbonyl (C=O) groups is 2. The number of amides is 1. The molecule has 4 aliphatic carbocycles. The predicted octanol–water partition coefficient (Wildman–Crippen LogP) is 2.01. The number of carbonyl (C=O) groups excluding carboxylic acids is 2. The number of nitrogens with one attached hydrogen (secondary N) is 1. The molecule has 1 amide bonds. The smallest absolute Gasteiger partial charge is 0.353 e. The minimum absolute atomic E-state index is 0.0120. The van der Waals surface area contributed by atoms with Gasteiger partial charge in [-0.1, -0.05) is 6.58 Å². The van der Waals surface area contributed by atoms with E-state index in [1.54, 1.807) is 0 Å². The first-order chi connectivity index (χ1) is 9.02. The van der Waals surface area contributed by atoms with Crippen molar-refractivity contribution in [3.8, 4) is 0 Å². The minimum Gasteiger partial charge on any atom is -0.464 e. The third kappa shape index (κ3) is 2.07. The van der Waals surface area contributed by atoms with E-state index in [9.17, 15) is 9.59 Å². The molecule has 0 aromatic carbocycles. The molecular weight excluding hydrogens is 242 g/mol. The van der Waals surface area contributed by atoms with Gasteiger partial charge in [0.25, 0.3) is 0 Å². The number of rotatable bonds is 3. The fourth-order valence-electron chi connectivity index (χ4n) is 4.83. The molecule has 4 rings (SSSR count). The molecule has 19 heavy (non-hydrogen) atoms. The van der Waals surface area contributed by atoms with Gasteiger partial charge in [-0.2, -0.15) is 0 Å². The van der Waals surface area contributed by atoms with E-state index in [1.165, 1.54) is 26.4 Å². The molecule has 0 radical (unpaired) electrons. The Balaban J connectivity index is 1.73. The summed E-state index contributed by atoms with van der Waals surface area (Å²) < 4.78 is 4.58. The lowest BCUT2D eigenvalue weighted by atomic mass is 9.49. The maximum absolute atomic E-state index is 12.5. The van der Waals surface area contributed by atoms with Gasteiger partial charge in [0, 0.05) is 0 Å². The molecule has 104 valence electrons. The number of hydrogen-bond acceptors (Lipinski definition) is 3. The Morgan fingerprint density at radius 3 is 2.00 bits per heavy atom. The van der Waals surface area contributed by atoms with Crippen LogP contribution in [0.2, 0.25) is 0 Å². The monoisotopic (exact) mass is 263 g/mol. The Morgan fingerprint density at radius 2 is 1.58 bits per heavy atom. The topological polar surface area (TPSA) is 55.4 Å². The third-order valence-electron chi connectivity index (χ3n) is 5.22. The standard InChI is InChI=1S/C15H21NO3/c1-9(13(17)19-2)16-14(18)15-6-10-3-11(7-15)5-12(4-10)8-15/h10-12H,1,3-8H2,2H3,(H,16,18). The first-order valence-electron chi connectivity index (χ1n) is 7.11. The predicted molar refractivity (Wildman–Crippen MR) is 69.9 cm³/mol. The van der Waals surface area contributed by atoms with Gasteiger partial charge in [-0.3, -0.25) is 4.79 Å². The summed E-state index contributed by atoms with van der Waals surface area (Å²) in [6.07, 6.45) is 6.84. The highest BCUT2D eigenvalue weighted by molar-refractivity contribution is 5.95. The summed E-state index contributed by atoms with van der Waals surface area (Å²) in [5, 5.41) is 2.68. The molecule has 4 fully saturated rings. The van der Waals surface area contributed by atoms with Gasteiger partial charge in [-0.25, -0.2) is 4.79 Å². The zero-order valence-corrected chi connectivity index (χ0v) is 11.4.